The minimum Gasteiger partial charge on any atom is -0.254 e. The van der Waals surface area contributed by atoms with E-state index in [9.17, 15) is 0 Å². The Morgan fingerprint density at radius 1 is 0.351 bits per heavy atom. The molecule has 2 heterocycles. The van der Waals surface area contributed by atoms with E-state index in [1.54, 1.807) is 0 Å². The molecule has 0 radical (unpaired) electrons. The molecule has 0 spiro atoms. The zero-order valence-electron chi connectivity index (χ0n) is 31.0. The lowest BCUT2D eigenvalue weighted by molar-refractivity contribution is 0.769. The van der Waals surface area contributed by atoms with Crippen molar-refractivity contribution in [1.29, 1.82) is 0 Å². The van der Waals surface area contributed by atoms with Gasteiger partial charge >= 0.3 is 0 Å². The van der Waals surface area contributed by atoms with E-state index in [0.717, 1.165) is 33.1 Å². The first kappa shape index (κ1) is 31.9. The molecule has 0 N–H and O–H groups in total. The second-order valence-electron chi connectivity index (χ2n) is 15.2. The van der Waals surface area contributed by atoms with E-state index in [1.807, 2.05) is 12.3 Å². The topological polar surface area (TPSA) is 25.8 Å². The Balaban J connectivity index is 1.15. The summed E-state index contributed by atoms with van der Waals surface area (Å²) in [6.07, 6.45) is 1.86. The van der Waals surface area contributed by atoms with E-state index < -0.39 is 5.41 Å². The molecule has 0 fully saturated rings. The lowest BCUT2D eigenvalue weighted by Gasteiger charge is -2.34. The van der Waals surface area contributed by atoms with Gasteiger partial charge in [-0.1, -0.05) is 176 Å². The van der Waals surface area contributed by atoms with Crippen LogP contribution in [0.5, 0.6) is 0 Å². The van der Waals surface area contributed by atoms with E-state index in [0.29, 0.717) is 0 Å². The molecular weight excluding hydrogens is 689 g/mol. The van der Waals surface area contributed by atoms with Crippen molar-refractivity contribution in [1.82, 2.24) is 9.97 Å². The molecule has 12 rings (SSSR count). The second kappa shape index (κ2) is 12.3. The van der Waals surface area contributed by atoms with E-state index in [4.69, 9.17) is 9.97 Å². The molecular formula is C55H34N2. The average Bonchev–Trinajstić information content (AvgIpc) is 3.60. The Bertz CT molecular complexity index is 3330. The highest BCUT2D eigenvalue weighted by Gasteiger charge is 2.47. The first-order chi connectivity index (χ1) is 28.3. The Labute approximate surface area is 330 Å². The van der Waals surface area contributed by atoms with Gasteiger partial charge in [0.15, 0.2) is 0 Å². The van der Waals surface area contributed by atoms with Gasteiger partial charge in [0.2, 0.25) is 0 Å². The molecule has 57 heavy (non-hydrogen) atoms. The number of fused-ring (bicyclic) bond motifs is 12. The number of rotatable bonds is 4. The van der Waals surface area contributed by atoms with E-state index in [2.05, 4.69) is 194 Å². The number of aromatic nitrogens is 2. The summed E-state index contributed by atoms with van der Waals surface area (Å²) >= 11 is 0. The Morgan fingerprint density at radius 3 is 1.65 bits per heavy atom. The van der Waals surface area contributed by atoms with Crippen LogP contribution in [0.3, 0.4) is 0 Å². The van der Waals surface area contributed by atoms with Gasteiger partial charge in [0.05, 0.1) is 22.1 Å². The Morgan fingerprint density at radius 2 is 0.947 bits per heavy atom. The predicted octanol–water partition coefficient (Wildman–Crippen LogP) is 13.9. The Kier molecular flexibility index (Phi) is 6.88. The molecule has 1 aliphatic carbocycles. The SMILES string of the molecule is c1ccc(C2(c3ccccc3)c3cc(-c4ccc5ccc6cccnc6c5n4)ccc3-c3c(-c4ccc5c6ccccc6c6ccccc6c5c4)cccc32)cc1. The van der Waals surface area contributed by atoms with Crippen LogP contribution in [-0.2, 0) is 5.41 Å². The molecule has 2 aromatic heterocycles. The normalized spacial score (nSPS) is 13.1. The van der Waals surface area contributed by atoms with Gasteiger partial charge < -0.3 is 0 Å². The number of pyridine rings is 2. The summed E-state index contributed by atoms with van der Waals surface area (Å²) in [5.74, 6) is 0. The van der Waals surface area contributed by atoms with Crippen LogP contribution in [0.2, 0.25) is 0 Å². The van der Waals surface area contributed by atoms with Crippen molar-refractivity contribution < 1.29 is 0 Å². The van der Waals surface area contributed by atoms with Crippen molar-refractivity contribution in [3.05, 3.63) is 229 Å². The Hall–Kier alpha value is -7.42. The highest BCUT2D eigenvalue weighted by atomic mass is 14.8. The summed E-state index contributed by atoms with van der Waals surface area (Å²) in [5.41, 5.74) is 13.3. The molecule has 0 aliphatic heterocycles. The van der Waals surface area contributed by atoms with Crippen LogP contribution in [-0.4, -0.2) is 9.97 Å². The second-order valence-corrected chi connectivity index (χ2v) is 15.2. The van der Waals surface area contributed by atoms with Crippen LogP contribution in [0.25, 0.3) is 87.6 Å². The van der Waals surface area contributed by atoms with Crippen molar-refractivity contribution in [2.75, 3.05) is 0 Å². The highest BCUT2D eigenvalue weighted by molar-refractivity contribution is 6.26. The maximum absolute atomic E-state index is 5.32. The third-order valence-corrected chi connectivity index (χ3v) is 12.4. The lowest BCUT2D eigenvalue weighted by atomic mass is 9.67. The van der Waals surface area contributed by atoms with Crippen LogP contribution in [0, 0.1) is 0 Å². The van der Waals surface area contributed by atoms with Crippen molar-refractivity contribution in [2.45, 2.75) is 5.41 Å². The summed E-state index contributed by atoms with van der Waals surface area (Å²) in [6.45, 7) is 0. The van der Waals surface area contributed by atoms with Gasteiger partial charge in [-0.05, 0) is 101 Å². The fraction of sp³-hybridized carbons (Fsp3) is 0.0182. The molecule has 9 aromatic carbocycles. The summed E-state index contributed by atoms with van der Waals surface area (Å²) in [7, 11) is 0. The third kappa shape index (κ3) is 4.59. The maximum atomic E-state index is 5.32. The van der Waals surface area contributed by atoms with Gasteiger partial charge in [-0.25, -0.2) is 4.98 Å². The van der Waals surface area contributed by atoms with Gasteiger partial charge in [0.1, 0.15) is 0 Å². The summed E-state index contributed by atoms with van der Waals surface area (Å²) in [4.78, 5) is 10.1. The maximum Gasteiger partial charge on any atom is 0.0972 e. The van der Waals surface area contributed by atoms with Gasteiger partial charge in [0.25, 0.3) is 0 Å². The molecule has 2 nitrogen and oxygen atoms in total. The molecule has 0 saturated carbocycles. The van der Waals surface area contributed by atoms with Gasteiger partial charge in [-0.3, -0.25) is 4.98 Å². The number of nitrogens with zero attached hydrogens (tertiary/aromatic N) is 2. The van der Waals surface area contributed by atoms with Gasteiger partial charge in [-0.2, -0.15) is 0 Å². The standard InChI is InChI=1S/C55H34N2/c1-3-14-39(15-4-1)55(40-16-5-2-6-17-40)49-23-11-22-41(37-26-29-46-44-20-8-7-18-42(44)43-19-9-10-21-45(43)48(46)33-37)52(49)47-30-27-38(34-50(47)55)51-31-28-36-25-24-35-13-12-32-56-53(35)54(36)57-51/h1-34H. The van der Waals surface area contributed by atoms with Crippen molar-refractivity contribution >= 4 is 54.1 Å². The third-order valence-electron chi connectivity index (χ3n) is 12.4. The predicted molar refractivity (Wildman–Crippen MR) is 238 cm³/mol. The molecule has 0 amide bonds. The fourth-order valence-electron chi connectivity index (χ4n) is 9.90. The monoisotopic (exact) mass is 722 g/mol. The molecule has 1 aliphatic rings. The quantitative estimate of drug-likeness (QED) is 0.169. The van der Waals surface area contributed by atoms with Gasteiger partial charge in [0, 0.05) is 22.5 Å². The van der Waals surface area contributed by atoms with Crippen molar-refractivity contribution in [3.63, 3.8) is 0 Å². The molecule has 2 heteroatoms. The molecule has 0 saturated heterocycles. The largest absolute Gasteiger partial charge is 0.254 e. The van der Waals surface area contributed by atoms with Crippen LogP contribution < -0.4 is 0 Å². The number of hydrogen-bond acceptors (Lipinski definition) is 2. The zero-order chi connectivity index (χ0) is 37.5. The zero-order valence-corrected chi connectivity index (χ0v) is 31.0. The first-order valence-corrected chi connectivity index (χ1v) is 19.7. The molecule has 11 aromatic rings. The summed E-state index contributed by atoms with van der Waals surface area (Å²) in [5, 5.41) is 9.86. The minimum absolute atomic E-state index is 0.565. The highest BCUT2D eigenvalue weighted by Crippen LogP contribution is 2.59. The molecule has 264 valence electrons. The average molecular weight is 723 g/mol. The van der Waals surface area contributed by atoms with E-state index in [-0.39, 0.29) is 0 Å². The van der Waals surface area contributed by atoms with Crippen LogP contribution in [0.4, 0.5) is 0 Å². The van der Waals surface area contributed by atoms with Crippen molar-refractivity contribution in [2.24, 2.45) is 0 Å². The number of hydrogen-bond donors (Lipinski definition) is 0. The van der Waals surface area contributed by atoms with E-state index in [1.165, 1.54) is 76.8 Å². The van der Waals surface area contributed by atoms with Crippen LogP contribution >= 0.6 is 0 Å². The lowest BCUT2D eigenvalue weighted by Crippen LogP contribution is -2.28. The van der Waals surface area contributed by atoms with Gasteiger partial charge in [-0.15, -0.1) is 0 Å². The van der Waals surface area contributed by atoms with E-state index >= 15 is 0 Å². The first-order valence-electron chi connectivity index (χ1n) is 19.7. The smallest absolute Gasteiger partial charge is 0.0972 e. The van der Waals surface area contributed by atoms with Crippen molar-refractivity contribution in [3.8, 4) is 33.5 Å². The van der Waals surface area contributed by atoms with Crippen LogP contribution in [0.1, 0.15) is 22.3 Å². The number of benzene rings is 9. The fourth-order valence-corrected chi connectivity index (χ4v) is 9.90. The van der Waals surface area contributed by atoms with Crippen LogP contribution in [0.15, 0.2) is 206 Å². The molecule has 0 bridgehead atoms. The summed E-state index contributed by atoms with van der Waals surface area (Å²) < 4.78 is 0. The minimum atomic E-state index is -0.565. The molecule has 0 atom stereocenters. The summed E-state index contributed by atoms with van der Waals surface area (Å²) in [6, 6.07) is 73.5. The molecule has 0 unspecified atom stereocenters.